The Morgan fingerprint density at radius 2 is 1.43 bits per heavy atom. The molecule has 0 bridgehead atoms. The fourth-order valence-corrected chi connectivity index (χ4v) is 0.898. The van der Waals surface area contributed by atoms with E-state index < -0.39 is 15.6 Å². The number of hydrogen-bond acceptors (Lipinski definition) is 3. The number of piperidine rings is 1. The molecule has 0 aromatic carbocycles. The van der Waals surface area contributed by atoms with Gasteiger partial charge in [0.25, 0.3) is 0 Å². The first kappa shape index (κ1) is 13.7. The highest BCUT2D eigenvalue weighted by atomic mass is 32.2. The molecule has 0 aromatic rings. The van der Waals surface area contributed by atoms with Crippen LogP contribution in [0.1, 0.15) is 19.3 Å². The molecule has 0 saturated carbocycles. The van der Waals surface area contributed by atoms with Crippen LogP contribution in [0.4, 0.5) is 13.2 Å². The van der Waals surface area contributed by atoms with Crippen LogP contribution >= 0.6 is 0 Å². The molecular formula is C6H12F3NO3S. The Balaban J connectivity index is 0.000000249. The third kappa shape index (κ3) is 6.17. The molecule has 0 radical (unpaired) electrons. The van der Waals surface area contributed by atoms with Gasteiger partial charge in [0.15, 0.2) is 10.1 Å². The van der Waals surface area contributed by atoms with Crippen molar-refractivity contribution in [2.24, 2.45) is 0 Å². The molecule has 2 N–H and O–H groups in total. The van der Waals surface area contributed by atoms with Crippen LogP contribution in [0.2, 0.25) is 0 Å². The molecule has 0 aromatic heterocycles. The lowest BCUT2D eigenvalue weighted by atomic mass is 10.2. The van der Waals surface area contributed by atoms with Crippen molar-refractivity contribution in [3.63, 3.8) is 0 Å². The lowest BCUT2D eigenvalue weighted by Crippen LogP contribution is -2.85. The van der Waals surface area contributed by atoms with E-state index in [1.165, 1.54) is 32.4 Å². The Morgan fingerprint density at radius 3 is 1.50 bits per heavy atom. The second kappa shape index (κ2) is 5.52. The summed E-state index contributed by atoms with van der Waals surface area (Å²) in [5.74, 6) is 0. The minimum Gasteiger partial charge on any atom is -0.741 e. The smallest absolute Gasteiger partial charge is 0.485 e. The van der Waals surface area contributed by atoms with Gasteiger partial charge in [0.05, 0.1) is 13.1 Å². The molecule has 1 aliphatic heterocycles. The monoisotopic (exact) mass is 235 g/mol. The number of quaternary nitrogens is 1. The van der Waals surface area contributed by atoms with Gasteiger partial charge >= 0.3 is 5.51 Å². The van der Waals surface area contributed by atoms with E-state index in [4.69, 9.17) is 13.0 Å². The van der Waals surface area contributed by atoms with Crippen molar-refractivity contribution in [3.8, 4) is 0 Å². The maximum Gasteiger partial charge on any atom is 0.485 e. The van der Waals surface area contributed by atoms with Gasteiger partial charge < -0.3 is 9.87 Å². The van der Waals surface area contributed by atoms with Gasteiger partial charge in [-0.1, -0.05) is 0 Å². The third-order valence-electron chi connectivity index (χ3n) is 1.60. The van der Waals surface area contributed by atoms with Crippen molar-refractivity contribution in [2.45, 2.75) is 24.8 Å². The molecule has 0 spiro atoms. The average Bonchev–Trinajstić information content (AvgIpc) is 2.05. The van der Waals surface area contributed by atoms with Crippen molar-refractivity contribution >= 4 is 10.1 Å². The van der Waals surface area contributed by atoms with E-state index in [9.17, 15) is 13.2 Å². The van der Waals surface area contributed by atoms with E-state index >= 15 is 0 Å². The molecule has 0 aliphatic carbocycles. The van der Waals surface area contributed by atoms with Crippen molar-refractivity contribution in [1.82, 2.24) is 0 Å². The first-order chi connectivity index (χ1) is 6.25. The summed E-state index contributed by atoms with van der Waals surface area (Å²) in [4.78, 5) is 0. The summed E-state index contributed by atoms with van der Waals surface area (Å²) in [5, 5.41) is 2.39. The molecule has 0 unspecified atom stereocenters. The predicted molar refractivity (Wildman–Crippen MR) is 41.3 cm³/mol. The maximum absolute atomic E-state index is 10.7. The van der Waals surface area contributed by atoms with Gasteiger partial charge in [0.1, 0.15) is 0 Å². The molecule has 1 rings (SSSR count). The zero-order chi connectivity index (χ0) is 11.2. The Bertz CT molecular complexity index is 234. The van der Waals surface area contributed by atoms with E-state index in [1.54, 1.807) is 0 Å². The van der Waals surface area contributed by atoms with Crippen LogP contribution < -0.4 is 5.32 Å². The van der Waals surface area contributed by atoms with Gasteiger partial charge in [-0.2, -0.15) is 13.2 Å². The molecule has 1 fully saturated rings. The molecule has 4 nitrogen and oxygen atoms in total. The summed E-state index contributed by atoms with van der Waals surface area (Å²) in [5.41, 5.74) is -5.65. The molecule has 8 heteroatoms. The minimum atomic E-state index is -6.09. The highest BCUT2D eigenvalue weighted by molar-refractivity contribution is 7.86. The third-order valence-corrected chi connectivity index (χ3v) is 2.17. The van der Waals surface area contributed by atoms with Crippen LogP contribution in [0.15, 0.2) is 0 Å². The first-order valence-electron chi connectivity index (χ1n) is 4.09. The molecule has 1 aliphatic rings. The summed E-state index contributed by atoms with van der Waals surface area (Å²) < 4.78 is 58.9. The largest absolute Gasteiger partial charge is 0.741 e. The number of rotatable bonds is 0. The van der Waals surface area contributed by atoms with Gasteiger partial charge in [-0.3, -0.25) is 0 Å². The van der Waals surface area contributed by atoms with E-state index in [0.29, 0.717) is 0 Å². The standard InChI is InChI=1S/C5H11N.CHF3O3S/c1-2-4-6-5-3-1;2-1(3,4)8(5,6)7/h6H,1-5H2;(H,5,6,7). The van der Waals surface area contributed by atoms with Crippen molar-refractivity contribution in [2.75, 3.05) is 13.1 Å². The highest BCUT2D eigenvalue weighted by Crippen LogP contribution is 2.20. The molecule has 0 amide bonds. The van der Waals surface area contributed by atoms with Crippen LogP contribution in [-0.4, -0.2) is 31.6 Å². The molecule has 0 atom stereocenters. The Hall–Kier alpha value is -0.340. The number of hydrogen-bond donors (Lipinski definition) is 1. The van der Waals surface area contributed by atoms with E-state index in [-0.39, 0.29) is 0 Å². The van der Waals surface area contributed by atoms with Crippen molar-refractivity contribution in [3.05, 3.63) is 0 Å². The molecule has 1 heterocycles. The maximum atomic E-state index is 10.7. The number of alkyl halides is 3. The SMILES string of the molecule is C1CC[NH2+]CC1.O=S(=O)([O-])C(F)(F)F. The van der Waals surface area contributed by atoms with E-state index in [0.717, 1.165) is 0 Å². The fourth-order valence-electron chi connectivity index (χ4n) is 0.898. The van der Waals surface area contributed by atoms with Crippen LogP contribution in [0, 0.1) is 0 Å². The Kier molecular flexibility index (Phi) is 5.38. The van der Waals surface area contributed by atoms with E-state index in [1.807, 2.05) is 0 Å². The molecule has 14 heavy (non-hydrogen) atoms. The predicted octanol–water partition coefficient (Wildman–Crippen LogP) is -0.215. The van der Waals surface area contributed by atoms with Crippen LogP contribution in [0.25, 0.3) is 0 Å². The number of nitrogens with two attached hydrogens (primary N) is 1. The van der Waals surface area contributed by atoms with E-state index in [2.05, 4.69) is 5.32 Å². The van der Waals surface area contributed by atoms with Gasteiger partial charge in [-0.25, -0.2) is 8.42 Å². The zero-order valence-electron chi connectivity index (χ0n) is 7.38. The fraction of sp³-hybridized carbons (Fsp3) is 1.00. The lowest BCUT2D eigenvalue weighted by Gasteiger charge is -2.08. The minimum absolute atomic E-state index is 1.38. The normalized spacial score (nSPS) is 18.3. The van der Waals surface area contributed by atoms with Crippen LogP contribution in [0.3, 0.4) is 0 Å². The summed E-state index contributed by atoms with van der Waals surface area (Å²) in [7, 11) is -6.09. The second-order valence-electron chi connectivity index (χ2n) is 2.83. The Morgan fingerprint density at radius 1 is 1.07 bits per heavy atom. The average molecular weight is 235 g/mol. The zero-order valence-corrected chi connectivity index (χ0v) is 8.20. The van der Waals surface area contributed by atoms with Crippen molar-refractivity contribution < 1.29 is 31.5 Å². The topological polar surface area (TPSA) is 73.8 Å². The van der Waals surface area contributed by atoms with Gasteiger partial charge in [0.2, 0.25) is 0 Å². The summed E-state index contributed by atoms with van der Waals surface area (Å²) in [6, 6.07) is 0. The lowest BCUT2D eigenvalue weighted by molar-refractivity contribution is -0.662. The van der Waals surface area contributed by atoms with Gasteiger partial charge in [-0.15, -0.1) is 0 Å². The second-order valence-corrected chi connectivity index (χ2v) is 4.20. The first-order valence-corrected chi connectivity index (χ1v) is 5.50. The molecular weight excluding hydrogens is 223 g/mol. The van der Waals surface area contributed by atoms with Gasteiger partial charge in [-0.05, 0) is 19.3 Å². The van der Waals surface area contributed by atoms with Crippen LogP contribution in [-0.2, 0) is 10.1 Å². The van der Waals surface area contributed by atoms with Crippen molar-refractivity contribution in [1.29, 1.82) is 0 Å². The van der Waals surface area contributed by atoms with Gasteiger partial charge in [0, 0.05) is 0 Å². The summed E-state index contributed by atoms with van der Waals surface area (Å²) in [6.07, 6.45) is 4.36. The molecule has 86 valence electrons. The highest BCUT2D eigenvalue weighted by Gasteiger charge is 2.36. The summed E-state index contributed by atoms with van der Waals surface area (Å²) in [6.45, 7) is 2.75. The summed E-state index contributed by atoms with van der Waals surface area (Å²) >= 11 is 0. The quantitative estimate of drug-likeness (QED) is 0.466. The number of halogens is 3. The Labute approximate surface area is 80.2 Å². The molecule has 1 saturated heterocycles. The van der Waals surface area contributed by atoms with Crippen LogP contribution in [0.5, 0.6) is 0 Å².